The van der Waals surface area contributed by atoms with E-state index in [1.807, 2.05) is 10.9 Å². The number of aliphatic carboxylic acids is 1. The highest BCUT2D eigenvalue weighted by molar-refractivity contribution is 5.90. The summed E-state index contributed by atoms with van der Waals surface area (Å²) in [5.74, 6) is -2.26. The average molecular weight is 215 g/mol. The lowest BCUT2D eigenvalue weighted by Gasteiger charge is -2.10. The lowest BCUT2D eigenvalue weighted by molar-refractivity contribution is -0.137. The van der Waals surface area contributed by atoms with Crippen molar-refractivity contribution in [2.24, 2.45) is 5.73 Å². The van der Waals surface area contributed by atoms with Gasteiger partial charge in [-0.1, -0.05) is 6.58 Å². The second-order valence-electron chi connectivity index (χ2n) is 2.72. The number of nitrogens with one attached hydrogen (secondary N) is 2. The molecule has 2 amide bonds. The summed E-state index contributed by atoms with van der Waals surface area (Å²) in [6.45, 7) is 3.17. The van der Waals surface area contributed by atoms with Crippen molar-refractivity contribution in [2.75, 3.05) is 0 Å². The molecule has 0 saturated carbocycles. The van der Waals surface area contributed by atoms with Crippen molar-refractivity contribution >= 4 is 17.8 Å². The number of carbonyl (C=O) groups excluding carboxylic acids is 2. The zero-order valence-corrected chi connectivity index (χ0v) is 8.03. The molecule has 15 heavy (non-hydrogen) atoms. The Balaban J connectivity index is 3.83. The molecule has 0 radical (unpaired) electrons. The van der Waals surface area contributed by atoms with Crippen LogP contribution in [0.15, 0.2) is 12.7 Å². The van der Waals surface area contributed by atoms with Crippen LogP contribution in [0.1, 0.15) is 12.8 Å². The zero-order chi connectivity index (χ0) is 11.8. The molecule has 0 rings (SSSR count). The summed E-state index contributed by atoms with van der Waals surface area (Å²) in [6.07, 6.45) is 0.776. The molecule has 0 fully saturated rings. The molecule has 0 aliphatic heterocycles. The normalized spacial score (nSPS) is 11.3. The Morgan fingerprint density at radius 3 is 2.47 bits per heavy atom. The Hall–Kier alpha value is -1.89. The highest BCUT2D eigenvalue weighted by Crippen LogP contribution is 1.93. The van der Waals surface area contributed by atoms with Crippen molar-refractivity contribution in [2.45, 2.75) is 18.9 Å². The first-order valence-corrected chi connectivity index (χ1v) is 4.17. The van der Waals surface area contributed by atoms with E-state index in [4.69, 9.17) is 10.8 Å². The fourth-order valence-electron chi connectivity index (χ4n) is 0.677. The first-order valence-electron chi connectivity index (χ1n) is 4.17. The molecule has 1 unspecified atom stereocenters. The van der Waals surface area contributed by atoms with Crippen molar-refractivity contribution in [3.05, 3.63) is 12.7 Å². The summed E-state index contributed by atoms with van der Waals surface area (Å²) < 4.78 is 0. The maximum Gasteiger partial charge on any atom is 0.303 e. The van der Waals surface area contributed by atoms with Gasteiger partial charge in [-0.05, 0) is 12.5 Å². The summed E-state index contributed by atoms with van der Waals surface area (Å²) in [5, 5.41) is 8.33. The van der Waals surface area contributed by atoms with E-state index >= 15 is 0 Å². The molecule has 84 valence electrons. The molecule has 0 heterocycles. The minimum atomic E-state index is -1.03. The third-order valence-corrected chi connectivity index (χ3v) is 1.50. The van der Waals surface area contributed by atoms with Gasteiger partial charge in [-0.25, -0.2) is 0 Å². The van der Waals surface area contributed by atoms with Crippen LogP contribution in [0.25, 0.3) is 0 Å². The van der Waals surface area contributed by atoms with Crippen LogP contribution in [0.2, 0.25) is 0 Å². The maximum atomic E-state index is 11.1. The van der Waals surface area contributed by atoms with E-state index in [0.29, 0.717) is 0 Å². The van der Waals surface area contributed by atoms with E-state index in [9.17, 15) is 14.4 Å². The third-order valence-electron chi connectivity index (χ3n) is 1.50. The Morgan fingerprint density at radius 2 is 2.00 bits per heavy atom. The quantitative estimate of drug-likeness (QED) is 0.329. The molecule has 0 saturated heterocycles. The monoisotopic (exact) mass is 215 g/mol. The van der Waals surface area contributed by atoms with E-state index in [1.165, 1.54) is 0 Å². The number of carboxylic acid groups (broad SMARTS) is 1. The van der Waals surface area contributed by atoms with Gasteiger partial charge >= 0.3 is 5.97 Å². The number of hydrogen-bond donors (Lipinski definition) is 4. The van der Waals surface area contributed by atoms with Crippen molar-refractivity contribution in [3.63, 3.8) is 0 Å². The molecule has 0 aromatic heterocycles. The van der Waals surface area contributed by atoms with E-state index in [1.54, 1.807) is 0 Å². The Labute approximate surface area is 86.3 Å². The summed E-state index contributed by atoms with van der Waals surface area (Å²) in [7, 11) is 0. The van der Waals surface area contributed by atoms with Crippen LogP contribution in [-0.2, 0) is 14.4 Å². The van der Waals surface area contributed by atoms with Crippen molar-refractivity contribution < 1.29 is 19.5 Å². The second kappa shape index (κ2) is 6.55. The van der Waals surface area contributed by atoms with Gasteiger partial charge < -0.3 is 10.8 Å². The molecule has 5 N–H and O–H groups in total. The topological polar surface area (TPSA) is 122 Å². The molecule has 0 aliphatic carbocycles. The fourth-order valence-corrected chi connectivity index (χ4v) is 0.677. The highest BCUT2D eigenvalue weighted by atomic mass is 16.4. The molecule has 0 bridgehead atoms. The van der Waals surface area contributed by atoms with Gasteiger partial charge in [0, 0.05) is 6.42 Å². The van der Waals surface area contributed by atoms with Gasteiger partial charge in [0.05, 0.1) is 6.04 Å². The SMILES string of the molecule is C=CC(=O)NNC(=O)C(N)CCC(=O)O. The molecule has 7 nitrogen and oxygen atoms in total. The Morgan fingerprint density at radius 1 is 1.40 bits per heavy atom. The molecule has 1 atom stereocenters. The van der Waals surface area contributed by atoms with Crippen LogP contribution >= 0.6 is 0 Å². The van der Waals surface area contributed by atoms with Gasteiger partial charge in [-0.2, -0.15) is 0 Å². The van der Waals surface area contributed by atoms with Gasteiger partial charge in [0.1, 0.15) is 0 Å². The van der Waals surface area contributed by atoms with Gasteiger partial charge in [-0.15, -0.1) is 0 Å². The standard InChI is InChI=1S/C8H13N3O4/c1-2-6(12)10-11-8(15)5(9)3-4-7(13)14/h2,5H,1,3-4,9H2,(H,10,12)(H,11,15)(H,13,14). The number of amides is 2. The molecular weight excluding hydrogens is 202 g/mol. The Kier molecular flexibility index (Phi) is 5.72. The smallest absolute Gasteiger partial charge is 0.303 e. The van der Waals surface area contributed by atoms with Crippen molar-refractivity contribution in [1.29, 1.82) is 0 Å². The van der Waals surface area contributed by atoms with Crippen LogP contribution < -0.4 is 16.6 Å². The Bertz CT molecular complexity index is 277. The van der Waals surface area contributed by atoms with Gasteiger partial charge in [0.25, 0.3) is 11.8 Å². The third kappa shape index (κ3) is 6.22. The van der Waals surface area contributed by atoms with Gasteiger partial charge in [-0.3, -0.25) is 25.2 Å². The molecule has 0 aromatic rings. The number of hydrazine groups is 1. The van der Waals surface area contributed by atoms with Gasteiger partial charge in [0.15, 0.2) is 0 Å². The van der Waals surface area contributed by atoms with Crippen LogP contribution in [0.5, 0.6) is 0 Å². The van der Waals surface area contributed by atoms with E-state index in [2.05, 4.69) is 6.58 Å². The summed E-state index contributed by atoms with van der Waals surface area (Å²) in [4.78, 5) is 31.9. The van der Waals surface area contributed by atoms with E-state index < -0.39 is 23.8 Å². The lowest BCUT2D eigenvalue weighted by Crippen LogP contribution is -2.48. The molecular formula is C8H13N3O4. The molecule has 7 heteroatoms. The first kappa shape index (κ1) is 13.1. The molecule has 0 spiro atoms. The van der Waals surface area contributed by atoms with Crippen LogP contribution in [0, 0.1) is 0 Å². The van der Waals surface area contributed by atoms with Crippen molar-refractivity contribution in [1.82, 2.24) is 10.9 Å². The number of rotatable bonds is 5. The number of carbonyl (C=O) groups is 3. The highest BCUT2D eigenvalue weighted by Gasteiger charge is 2.14. The first-order chi connectivity index (χ1) is 6.97. The van der Waals surface area contributed by atoms with Crippen molar-refractivity contribution in [3.8, 4) is 0 Å². The lowest BCUT2D eigenvalue weighted by atomic mass is 10.1. The predicted molar refractivity (Wildman–Crippen MR) is 51.3 cm³/mol. The maximum absolute atomic E-state index is 11.1. The van der Waals surface area contributed by atoms with E-state index in [0.717, 1.165) is 6.08 Å². The fraction of sp³-hybridized carbons (Fsp3) is 0.375. The number of carboxylic acids is 1. The van der Waals surface area contributed by atoms with Gasteiger partial charge in [0.2, 0.25) is 0 Å². The van der Waals surface area contributed by atoms with Crippen LogP contribution in [0.4, 0.5) is 0 Å². The van der Waals surface area contributed by atoms with Crippen LogP contribution in [-0.4, -0.2) is 28.9 Å². The number of hydrogen-bond acceptors (Lipinski definition) is 4. The summed E-state index contributed by atoms with van der Waals surface area (Å²) in [5.41, 5.74) is 9.39. The second-order valence-corrected chi connectivity index (χ2v) is 2.72. The summed E-state index contributed by atoms with van der Waals surface area (Å²) >= 11 is 0. The zero-order valence-electron chi connectivity index (χ0n) is 8.03. The van der Waals surface area contributed by atoms with E-state index in [-0.39, 0.29) is 12.8 Å². The largest absolute Gasteiger partial charge is 0.481 e. The molecule has 0 aromatic carbocycles. The predicted octanol–water partition coefficient (Wildman–Crippen LogP) is -1.49. The molecule has 0 aliphatic rings. The summed E-state index contributed by atoms with van der Waals surface area (Å²) in [6, 6.07) is -0.966. The van der Waals surface area contributed by atoms with Crippen LogP contribution in [0.3, 0.4) is 0 Å². The number of nitrogens with two attached hydrogens (primary N) is 1. The average Bonchev–Trinajstić information content (AvgIpc) is 2.21. The minimum Gasteiger partial charge on any atom is -0.481 e. The minimum absolute atomic E-state index is 0.00509.